The molecule has 0 aliphatic heterocycles. The molecule has 0 saturated carbocycles. The average Bonchev–Trinajstić information content (AvgIpc) is 2.63. The van der Waals surface area contributed by atoms with Crippen molar-refractivity contribution < 1.29 is 14.6 Å². The molecule has 1 N–H and O–H groups in total. The van der Waals surface area contributed by atoms with Crippen LogP contribution in [0.4, 0.5) is 0 Å². The number of nitrogens with zero attached hydrogens (tertiary/aromatic N) is 3. The number of aliphatic hydroxyl groups is 1. The van der Waals surface area contributed by atoms with Crippen LogP contribution in [0.1, 0.15) is 12.7 Å². The number of carbonyl (C=O) groups excluding carboxylic acids is 1. The highest BCUT2D eigenvalue weighted by Gasteiger charge is 2.18. The Hall–Kier alpha value is -1.43. The normalized spacial score (nSPS) is 12.5. The Kier molecular flexibility index (Phi) is 3.58. The fourth-order valence-corrected chi connectivity index (χ4v) is 1.10. The fraction of sp³-hybridized carbons (Fsp3) is 0.625. The third-order valence-corrected chi connectivity index (χ3v) is 1.84. The van der Waals surface area contributed by atoms with E-state index in [1.54, 1.807) is 4.68 Å². The summed E-state index contributed by atoms with van der Waals surface area (Å²) < 4.78 is 6.01. The number of aryl methyl sites for hydroxylation is 1. The van der Waals surface area contributed by atoms with Gasteiger partial charge in [-0.1, -0.05) is 0 Å². The van der Waals surface area contributed by atoms with Crippen molar-refractivity contribution in [3.8, 4) is 0 Å². The van der Waals surface area contributed by atoms with Crippen LogP contribution in [0.15, 0.2) is 6.33 Å². The van der Waals surface area contributed by atoms with Gasteiger partial charge in [0.2, 0.25) is 0 Å². The van der Waals surface area contributed by atoms with Crippen LogP contribution < -0.4 is 0 Å². The Bertz CT molecular complexity index is 311. The zero-order chi connectivity index (χ0) is 10.6. The molecule has 0 fully saturated rings. The third-order valence-electron chi connectivity index (χ3n) is 1.84. The minimum absolute atomic E-state index is 0.126. The predicted molar refractivity (Wildman–Crippen MR) is 47.4 cm³/mol. The molecule has 1 aromatic heterocycles. The van der Waals surface area contributed by atoms with Gasteiger partial charge in [0.05, 0.1) is 7.11 Å². The van der Waals surface area contributed by atoms with Gasteiger partial charge in [-0.15, -0.1) is 0 Å². The molecular weight excluding hydrogens is 186 g/mol. The molecule has 0 spiro atoms. The summed E-state index contributed by atoms with van der Waals surface area (Å²) in [5.41, 5.74) is 0. The number of carbonyl (C=O) groups is 1. The van der Waals surface area contributed by atoms with Crippen LogP contribution in [0, 0.1) is 0 Å². The first kappa shape index (κ1) is 10.6. The molecule has 0 bridgehead atoms. The van der Waals surface area contributed by atoms with E-state index in [-0.39, 0.29) is 6.42 Å². The second-order valence-corrected chi connectivity index (χ2v) is 2.74. The summed E-state index contributed by atoms with van der Waals surface area (Å²) in [6, 6.07) is 0. The highest BCUT2D eigenvalue weighted by atomic mass is 16.5. The van der Waals surface area contributed by atoms with Crippen LogP contribution in [0.25, 0.3) is 0 Å². The average molecular weight is 199 g/mol. The number of ether oxygens (including phenoxy) is 1. The van der Waals surface area contributed by atoms with E-state index >= 15 is 0 Å². The molecule has 0 aliphatic rings. The molecule has 0 saturated heterocycles. The zero-order valence-electron chi connectivity index (χ0n) is 8.17. The van der Waals surface area contributed by atoms with E-state index in [9.17, 15) is 9.90 Å². The molecule has 1 unspecified atom stereocenters. The molecule has 0 aliphatic carbocycles. The van der Waals surface area contributed by atoms with E-state index in [1.807, 2.05) is 6.92 Å². The van der Waals surface area contributed by atoms with E-state index < -0.39 is 12.1 Å². The molecule has 0 radical (unpaired) electrons. The van der Waals surface area contributed by atoms with Gasteiger partial charge in [-0.25, -0.2) is 9.78 Å². The first-order valence-electron chi connectivity index (χ1n) is 4.31. The quantitative estimate of drug-likeness (QED) is 0.653. The van der Waals surface area contributed by atoms with E-state index in [0.717, 1.165) is 0 Å². The standard InChI is InChI=1S/C8H13N3O3/c1-3-11-7(9-5-10-11)4-6(12)8(13)14-2/h5-6,12H,3-4H2,1-2H3. The lowest BCUT2D eigenvalue weighted by Gasteiger charge is -2.07. The molecular formula is C8H13N3O3. The van der Waals surface area contributed by atoms with Crippen molar-refractivity contribution in [1.29, 1.82) is 0 Å². The number of hydrogen-bond acceptors (Lipinski definition) is 5. The van der Waals surface area contributed by atoms with Crippen LogP contribution in [0.5, 0.6) is 0 Å². The minimum atomic E-state index is -1.17. The van der Waals surface area contributed by atoms with Gasteiger partial charge in [0.15, 0.2) is 6.10 Å². The molecule has 1 aromatic rings. The number of esters is 1. The van der Waals surface area contributed by atoms with Crippen molar-refractivity contribution in [2.24, 2.45) is 0 Å². The summed E-state index contributed by atoms with van der Waals surface area (Å²) in [5, 5.41) is 13.3. The summed E-state index contributed by atoms with van der Waals surface area (Å²) in [5.74, 6) is -0.0824. The number of hydrogen-bond donors (Lipinski definition) is 1. The lowest BCUT2D eigenvalue weighted by Crippen LogP contribution is -2.25. The van der Waals surface area contributed by atoms with Crippen molar-refractivity contribution in [1.82, 2.24) is 14.8 Å². The maximum atomic E-state index is 10.9. The van der Waals surface area contributed by atoms with Gasteiger partial charge >= 0.3 is 5.97 Å². The second-order valence-electron chi connectivity index (χ2n) is 2.74. The van der Waals surface area contributed by atoms with Crippen molar-refractivity contribution in [2.45, 2.75) is 26.0 Å². The number of aliphatic hydroxyl groups excluding tert-OH is 1. The van der Waals surface area contributed by atoms with Crippen molar-refractivity contribution in [3.63, 3.8) is 0 Å². The van der Waals surface area contributed by atoms with Crippen molar-refractivity contribution in [3.05, 3.63) is 12.2 Å². The first-order chi connectivity index (χ1) is 6.69. The van der Waals surface area contributed by atoms with E-state index in [1.165, 1.54) is 13.4 Å². The molecule has 78 valence electrons. The van der Waals surface area contributed by atoms with Crippen molar-refractivity contribution >= 4 is 5.97 Å². The molecule has 6 heteroatoms. The molecule has 1 rings (SSSR count). The van der Waals surface area contributed by atoms with E-state index in [0.29, 0.717) is 12.4 Å². The summed E-state index contributed by atoms with van der Waals surface area (Å²) in [4.78, 5) is 14.8. The summed E-state index contributed by atoms with van der Waals surface area (Å²) in [7, 11) is 1.23. The Labute approximate surface area is 81.5 Å². The van der Waals surface area contributed by atoms with Crippen LogP contribution >= 0.6 is 0 Å². The lowest BCUT2D eigenvalue weighted by molar-refractivity contribution is -0.150. The SMILES string of the molecule is CCn1ncnc1CC(O)C(=O)OC. The third kappa shape index (κ3) is 2.29. The fourth-order valence-electron chi connectivity index (χ4n) is 1.10. The van der Waals surface area contributed by atoms with Crippen LogP contribution in [0.2, 0.25) is 0 Å². The van der Waals surface area contributed by atoms with E-state index in [4.69, 9.17) is 0 Å². The van der Waals surface area contributed by atoms with Gasteiger partial charge in [-0.05, 0) is 6.92 Å². The monoisotopic (exact) mass is 199 g/mol. The Morgan fingerprint density at radius 3 is 3.07 bits per heavy atom. The minimum Gasteiger partial charge on any atom is -0.467 e. The maximum absolute atomic E-state index is 10.9. The van der Waals surface area contributed by atoms with Gasteiger partial charge in [0.25, 0.3) is 0 Å². The highest BCUT2D eigenvalue weighted by Crippen LogP contribution is 2.00. The zero-order valence-corrected chi connectivity index (χ0v) is 8.17. The molecule has 14 heavy (non-hydrogen) atoms. The highest BCUT2D eigenvalue weighted by molar-refractivity contribution is 5.74. The van der Waals surface area contributed by atoms with Gasteiger partial charge in [-0.3, -0.25) is 4.68 Å². The van der Waals surface area contributed by atoms with Gasteiger partial charge in [-0.2, -0.15) is 5.10 Å². The molecule has 0 aromatic carbocycles. The molecule has 6 nitrogen and oxygen atoms in total. The topological polar surface area (TPSA) is 77.2 Å². The number of rotatable bonds is 4. The van der Waals surface area contributed by atoms with E-state index in [2.05, 4.69) is 14.8 Å². The Morgan fingerprint density at radius 1 is 1.79 bits per heavy atom. The molecule has 1 atom stereocenters. The lowest BCUT2D eigenvalue weighted by atomic mass is 10.2. The van der Waals surface area contributed by atoms with Crippen LogP contribution in [-0.4, -0.2) is 39.1 Å². The van der Waals surface area contributed by atoms with Crippen molar-refractivity contribution in [2.75, 3.05) is 7.11 Å². The van der Waals surface area contributed by atoms with Gasteiger partial charge < -0.3 is 9.84 Å². The van der Waals surface area contributed by atoms with Gasteiger partial charge in [0, 0.05) is 13.0 Å². The Morgan fingerprint density at radius 2 is 2.50 bits per heavy atom. The smallest absolute Gasteiger partial charge is 0.335 e. The van der Waals surface area contributed by atoms with Crippen LogP contribution in [0.3, 0.4) is 0 Å². The predicted octanol–water partition coefficient (Wildman–Crippen LogP) is -0.626. The number of aromatic nitrogens is 3. The maximum Gasteiger partial charge on any atom is 0.335 e. The van der Waals surface area contributed by atoms with Crippen LogP contribution in [-0.2, 0) is 22.5 Å². The number of methoxy groups -OCH3 is 1. The Balaban J connectivity index is 2.64. The molecule has 1 heterocycles. The largest absolute Gasteiger partial charge is 0.467 e. The molecule has 0 amide bonds. The summed E-state index contributed by atoms with van der Waals surface area (Å²) in [6.45, 7) is 2.56. The van der Waals surface area contributed by atoms with Gasteiger partial charge in [0.1, 0.15) is 12.2 Å². The first-order valence-corrected chi connectivity index (χ1v) is 4.31. The summed E-state index contributed by atoms with van der Waals surface area (Å²) >= 11 is 0. The second kappa shape index (κ2) is 4.71. The summed E-state index contributed by atoms with van der Waals surface area (Å²) in [6.07, 6.45) is 0.345.